The van der Waals surface area contributed by atoms with Crippen molar-refractivity contribution in [3.05, 3.63) is 27.7 Å². The van der Waals surface area contributed by atoms with Gasteiger partial charge in [-0.1, -0.05) is 30.1 Å². The van der Waals surface area contributed by atoms with Crippen LogP contribution in [0.3, 0.4) is 0 Å². The summed E-state index contributed by atoms with van der Waals surface area (Å²) in [7, 11) is -3.74. The average Bonchev–Trinajstić information content (AvgIpc) is 2.42. The quantitative estimate of drug-likeness (QED) is 0.667. The van der Waals surface area contributed by atoms with E-state index in [0.717, 1.165) is 6.42 Å². The minimum Gasteiger partial charge on any atom is -0.392 e. The van der Waals surface area contributed by atoms with Crippen LogP contribution in [0.4, 0.5) is 0 Å². The van der Waals surface area contributed by atoms with Gasteiger partial charge in [0, 0.05) is 24.8 Å². The molecular formula is C13H19Cl2NO4S. The Morgan fingerprint density at radius 2 is 1.95 bits per heavy atom. The fourth-order valence-corrected chi connectivity index (χ4v) is 3.53. The van der Waals surface area contributed by atoms with E-state index in [9.17, 15) is 8.42 Å². The van der Waals surface area contributed by atoms with Gasteiger partial charge in [0.2, 0.25) is 10.0 Å². The Morgan fingerprint density at radius 1 is 1.24 bits per heavy atom. The highest BCUT2D eigenvalue weighted by molar-refractivity contribution is 7.89. The Balaban J connectivity index is 2.70. The van der Waals surface area contributed by atoms with Crippen LogP contribution in [0.15, 0.2) is 17.0 Å². The molecule has 1 aromatic rings. The highest BCUT2D eigenvalue weighted by Gasteiger charge is 2.19. The lowest BCUT2D eigenvalue weighted by molar-refractivity contribution is 0.133. The van der Waals surface area contributed by atoms with Crippen molar-refractivity contribution in [1.29, 1.82) is 0 Å². The number of ether oxygens (including phenoxy) is 1. The highest BCUT2D eigenvalue weighted by Crippen LogP contribution is 2.28. The lowest BCUT2D eigenvalue weighted by Gasteiger charge is -2.11. The monoisotopic (exact) mass is 355 g/mol. The summed E-state index contributed by atoms with van der Waals surface area (Å²) in [6.07, 6.45) is 1.49. The van der Waals surface area contributed by atoms with Crippen LogP contribution in [0.2, 0.25) is 10.0 Å². The van der Waals surface area contributed by atoms with Gasteiger partial charge in [0.25, 0.3) is 0 Å². The fourth-order valence-electron chi connectivity index (χ4n) is 1.60. The number of aliphatic hydroxyl groups is 1. The van der Waals surface area contributed by atoms with E-state index < -0.39 is 10.0 Å². The number of hydrogen-bond donors (Lipinski definition) is 2. The topological polar surface area (TPSA) is 75.6 Å². The van der Waals surface area contributed by atoms with Gasteiger partial charge in [-0.05, 0) is 30.5 Å². The summed E-state index contributed by atoms with van der Waals surface area (Å²) in [5, 5.41) is 9.39. The zero-order chi connectivity index (χ0) is 15.9. The molecule has 0 unspecified atom stereocenters. The second-order valence-electron chi connectivity index (χ2n) is 4.40. The molecule has 0 heterocycles. The van der Waals surface area contributed by atoms with Crippen molar-refractivity contribution in [2.24, 2.45) is 0 Å². The summed E-state index contributed by atoms with van der Waals surface area (Å²) < 4.78 is 32.0. The van der Waals surface area contributed by atoms with Gasteiger partial charge in [-0.2, -0.15) is 0 Å². The zero-order valence-corrected chi connectivity index (χ0v) is 14.1. The van der Waals surface area contributed by atoms with Crippen molar-refractivity contribution < 1.29 is 18.3 Å². The molecule has 0 aromatic heterocycles. The largest absolute Gasteiger partial charge is 0.392 e. The summed E-state index contributed by atoms with van der Waals surface area (Å²) in [5.41, 5.74) is 0.313. The number of nitrogens with one attached hydrogen (secondary N) is 1. The van der Waals surface area contributed by atoms with E-state index in [2.05, 4.69) is 4.72 Å². The fraction of sp³-hybridized carbons (Fsp3) is 0.538. The lowest BCUT2D eigenvalue weighted by Crippen LogP contribution is -2.26. The molecule has 21 heavy (non-hydrogen) atoms. The maximum atomic E-state index is 12.2. The molecule has 1 rings (SSSR count). The molecule has 0 spiro atoms. The molecule has 2 N–H and O–H groups in total. The maximum Gasteiger partial charge on any atom is 0.242 e. The Hall–Kier alpha value is -0.370. The molecular weight excluding hydrogens is 337 g/mol. The third kappa shape index (κ3) is 5.73. The SMILES string of the molecule is CCCOCCCNS(=O)(=O)c1cc(CO)c(Cl)cc1Cl. The van der Waals surface area contributed by atoms with Crippen molar-refractivity contribution in [1.82, 2.24) is 4.72 Å². The number of sulfonamides is 1. The van der Waals surface area contributed by atoms with E-state index in [1.54, 1.807) is 0 Å². The molecule has 1 aromatic carbocycles. The Labute approximate surface area is 135 Å². The van der Waals surface area contributed by atoms with E-state index in [4.69, 9.17) is 33.0 Å². The number of rotatable bonds is 9. The normalized spacial score (nSPS) is 11.8. The van der Waals surface area contributed by atoms with Crippen molar-refractivity contribution >= 4 is 33.2 Å². The third-order valence-corrected chi connectivity index (χ3v) is 4.94. The number of hydrogen-bond acceptors (Lipinski definition) is 4. The van der Waals surface area contributed by atoms with Crippen LogP contribution in [0.1, 0.15) is 25.3 Å². The van der Waals surface area contributed by atoms with E-state index in [0.29, 0.717) is 25.2 Å². The molecule has 0 amide bonds. The molecule has 0 saturated carbocycles. The lowest BCUT2D eigenvalue weighted by atomic mass is 10.2. The van der Waals surface area contributed by atoms with Gasteiger partial charge in [-0.15, -0.1) is 0 Å². The maximum absolute atomic E-state index is 12.2. The van der Waals surface area contributed by atoms with Crippen LogP contribution in [-0.4, -0.2) is 33.3 Å². The Morgan fingerprint density at radius 3 is 2.57 bits per heavy atom. The molecule has 0 fully saturated rings. The molecule has 0 saturated heterocycles. The summed E-state index contributed by atoms with van der Waals surface area (Å²) in [5.74, 6) is 0. The minimum atomic E-state index is -3.74. The van der Waals surface area contributed by atoms with Crippen LogP contribution in [0, 0.1) is 0 Å². The van der Waals surface area contributed by atoms with Crippen LogP contribution in [0.25, 0.3) is 0 Å². The molecule has 0 aliphatic heterocycles. The Bertz CT molecular complexity index is 564. The highest BCUT2D eigenvalue weighted by atomic mass is 35.5. The molecule has 0 aliphatic carbocycles. The Kier molecular flexibility index (Phi) is 7.94. The van der Waals surface area contributed by atoms with Gasteiger partial charge >= 0.3 is 0 Å². The van der Waals surface area contributed by atoms with Gasteiger partial charge in [0.15, 0.2) is 0 Å². The van der Waals surface area contributed by atoms with Gasteiger partial charge in [0.05, 0.1) is 11.6 Å². The van der Waals surface area contributed by atoms with Crippen molar-refractivity contribution in [2.75, 3.05) is 19.8 Å². The number of benzene rings is 1. The minimum absolute atomic E-state index is 0.0203. The van der Waals surface area contributed by atoms with E-state index in [-0.39, 0.29) is 28.1 Å². The molecule has 8 heteroatoms. The standard InChI is InChI=1S/C13H19Cl2NO4S/c1-2-5-20-6-3-4-16-21(18,19)13-7-10(9-17)11(14)8-12(13)15/h7-8,16-17H,2-6,9H2,1H3. The molecule has 0 bridgehead atoms. The average molecular weight is 356 g/mol. The van der Waals surface area contributed by atoms with Gasteiger partial charge in [-0.3, -0.25) is 0 Å². The molecule has 0 radical (unpaired) electrons. The molecule has 0 atom stereocenters. The van der Waals surface area contributed by atoms with Crippen LogP contribution >= 0.6 is 23.2 Å². The van der Waals surface area contributed by atoms with Gasteiger partial charge in [0.1, 0.15) is 4.90 Å². The molecule has 5 nitrogen and oxygen atoms in total. The predicted octanol–water partition coefficient (Wildman–Crippen LogP) is 2.58. The molecule has 120 valence electrons. The van der Waals surface area contributed by atoms with Crippen LogP contribution in [0.5, 0.6) is 0 Å². The third-order valence-electron chi connectivity index (χ3n) is 2.67. The first-order chi connectivity index (χ1) is 9.92. The number of aliphatic hydroxyl groups excluding tert-OH is 1. The summed E-state index contributed by atoms with van der Waals surface area (Å²) in [4.78, 5) is -0.0907. The number of halogens is 2. The van der Waals surface area contributed by atoms with Gasteiger partial charge in [-0.25, -0.2) is 13.1 Å². The van der Waals surface area contributed by atoms with Crippen LogP contribution in [-0.2, 0) is 21.4 Å². The first-order valence-electron chi connectivity index (χ1n) is 6.58. The van der Waals surface area contributed by atoms with Crippen molar-refractivity contribution in [3.63, 3.8) is 0 Å². The van der Waals surface area contributed by atoms with E-state index in [1.165, 1.54) is 12.1 Å². The van der Waals surface area contributed by atoms with Gasteiger partial charge < -0.3 is 9.84 Å². The first-order valence-corrected chi connectivity index (χ1v) is 8.82. The molecule has 0 aliphatic rings. The zero-order valence-electron chi connectivity index (χ0n) is 11.7. The summed E-state index contributed by atoms with van der Waals surface area (Å²) in [6.45, 7) is 3.05. The second kappa shape index (κ2) is 8.92. The van der Waals surface area contributed by atoms with E-state index in [1.807, 2.05) is 6.92 Å². The van der Waals surface area contributed by atoms with Crippen molar-refractivity contribution in [3.8, 4) is 0 Å². The van der Waals surface area contributed by atoms with Crippen LogP contribution < -0.4 is 4.72 Å². The summed E-state index contributed by atoms with van der Waals surface area (Å²) in [6, 6.07) is 2.59. The first kappa shape index (κ1) is 18.7. The smallest absolute Gasteiger partial charge is 0.242 e. The second-order valence-corrected chi connectivity index (χ2v) is 6.95. The summed E-state index contributed by atoms with van der Waals surface area (Å²) >= 11 is 11.8. The van der Waals surface area contributed by atoms with E-state index >= 15 is 0 Å². The predicted molar refractivity (Wildman–Crippen MR) is 83.3 cm³/mol. The van der Waals surface area contributed by atoms with Crippen molar-refractivity contribution in [2.45, 2.75) is 31.3 Å².